The zero-order valence-corrected chi connectivity index (χ0v) is 22.0. The van der Waals surface area contributed by atoms with E-state index in [2.05, 4.69) is 25.7 Å². The molecule has 0 bridgehead atoms. The van der Waals surface area contributed by atoms with Gasteiger partial charge in [0.15, 0.2) is 5.96 Å². The highest BCUT2D eigenvalue weighted by Crippen LogP contribution is 2.12. The van der Waals surface area contributed by atoms with Crippen LogP contribution in [0.2, 0.25) is 0 Å². The number of aliphatic imine (C=N–C) groups is 1. The van der Waals surface area contributed by atoms with Gasteiger partial charge in [-0.2, -0.15) is 5.10 Å². The van der Waals surface area contributed by atoms with Gasteiger partial charge >= 0.3 is 6.09 Å². The summed E-state index contributed by atoms with van der Waals surface area (Å²) in [6.07, 6.45) is 5.67. The molecule has 0 saturated carbocycles. The van der Waals surface area contributed by atoms with E-state index in [-0.39, 0.29) is 30.1 Å². The largest absolute Gasteiger partial charge is 0.444 e. The number of aromatic nitrogens is 3. The molecule has 178 valence electrons. The number of carbonyl (C=O) groups excluding carboxylic acids is 1. The maximum atomic E-state index is 12.7. The Balaban J connectivity index is 0.00000512. The highest BCUT2D eigenvalue weighted by Gasteiger charge is 2.22. The van der Waals surface area contributed by atoms with Gasteiger partial charge in [-0.3, -0.25) is 9.67 Å². The smallest absolute Gasteiger partial charge is 0.410 e. The fraction of sp³-hybridized carbons (Fsp3) is 0.545. The Morgan fingerprint density at radius 1 is 1.25 bits per heavy atom. The minimum Gasteiger partial charge on any atom is -0.444 e. The second-order valence-electron chi connectivity index (χ2n) is 8.18. The van der Waals surface area contributed by atoms with Crippen molar-refractivity contribution < 1.29 is 9.53 Å². The normalized spacial score (nSPS) is 11.5. The van der Waals surface area contributed by atoms with E-state index in [1.807, 2.05) is 57.6 Å². The van der Waals surface area contributed by atoms with Crippen LogP contribution < -0.4 is 10.6 Å². The first-order chi connectivity index (χ1) is 14.8. The number of pyridine rings is 1. The molecule has 9 nitrogen and oxygen atoms in total. The summed E-state index contributed by atoms with van der Waals surface area (Å²) in [6, 6.07) is 5.77. The Morgan fingerprint density at radius 3 is 2.62 bits per heavy atom. The first kappa shape index (κ1) is 27.7. The molecular weight excluding hydrogens is 521 g/mol. The van der Waals surface area contributed by atoms with Crippen molar-refractivity contribution in [1.82, 2.24) is 30.3 Å². The zero-order valence-electron chi connectivity index (χ0n) is 19.7. The van der Waals surface area contributed by atoms with E-state index in [4.69, 9.17) is 4.74 Å². The van der Waals surface area contributed by atoms with E-state index >= 15 is 0 Å². The summed E-state index contributed by atoms with van der Waals surface area (Å²) in [7, 11) is 1.90. The topological polar surface area (TPSA) is 96.7 Å². The number of hydrogen-bond donors (Lipinski definition) is 2. The summed E-state index contributed by atoms with van der Waals surface area (Å²) in [5.41, 5.74) is 1.45. The van der Waals surface area contributed by atoms with Gasteiger partial charge in [-0.1, -0.05) is 6.07 Å². The number of nitrogens with zero attached hydrogens (tertiary/aromatic N) is 5. The maximum Gasteiger partial charge on any atom is 0.410 e. The van der Waals surface area contributed by atoms with Crippen LogP contribution in [0.3, 0.4) is 0 Å². The highest BCUT2D eigenvalue weighted by atomic mass is 127. The van der Waals surface area contributed by atoms with Gasteiger partial charge in [0.2, 0.25) is 0 Å². The molecule has 2 aromatic heterocycles. The number of carbonyl (C=O) groups is 1. The van der Waals surface area contributed by atoms with Crippen molar-refractivity contribution in [2.24, 2.45) is 12.0 Å². The molecule has 0 aromatic carbocycles. The third-order valence-electron chi connectivity index (χ3n) is 4.31. The van der Waals surface area contributed by atoms with Crippen LogP contribution in [0.5, 0.6) is 0 Å². The average molecular weight is 557 g/mol. The van der Waals surface area contributed by atoms with Gasteiger partial charge in [0.05, 0.1) is 18.8 Å². The van der Waals surface area contributed by atoms with Crippen LogP contribution in [0.25, 0.3) is 0 Å². The van der Waals surface area contributed by atoms with E-state index < -0.39 is 5.60 Å². The molecule has 0 atom stereocenters. The second-order valence-corrected chi connectivity index (χ2v) is 8.18. The van der Waals surface area contributed by atoms with Crippen LogP contribution in [0.15, 0.2) is 41.8 Å². The molecule has 0 saturated heterocycles. The number of amides is 1. The monoisotopic (exact) mass is 557 g/mol. The number of aryl methyl sites for hydroxylation is 1. The summed E-state index contributed by atoms with van der Waals surface area (Å²) in [4.78, 5) is 23.1. The summed E-state index contributed by atoms with van der Waals surface area (Å²) in [5, 5.41) is 10.7. The Bertz CT molecular complexity index is 834. The average Bonchev–Trinajstić information content (AvgIpc) is 3.12. The van der Waals surface area contributed by atoms with Crippen molar-refractivity contribution in [2.45, 2.75) is 52.8 Å². The van der Waals surface area contributed by atoms with E-state index in [1.165, 1.54) is 0 Å². The quantitative estimate of drug-likeness (QED) is 0.213. The first-order valence-corrected chi connectivity index (χ1v) is 10.6. The molecule has 2 N–H and O–H groups in total. The van der Waals surface area contributed by atoms with Crippen molar-refractivity contribution in [2.75, 3.05) is 19.6 Å². The fourth-order valence-corrected chi connectivity index (χ4v) is 2.81. The molecule has 0 fully saturated rings. The fourth-order valence-electron chi connectivity index (χ4n) is 2.81. The minimum absolute atomic E-state index is 0. The molecule has 0 radical (unpaired) electrons. The van der Waals surface area contributed by atoms with Crippen LogP contribution in [-0.2, 0) is 24.9 Å². The SMILES string of the molecule is CCNC(=NCc1ccnn1C)NCCCN(Cc1cccnc1)C(=O)OC(C)(C)C.I. The van der Waals surface area contributed by atoms with Crippen LogP contribution in [0.1, 0.15) is 45.4 Å². The van der Waals surface area contributed by atoms with Crippen molar-refractivity contribution in [1.29, 1.82) is 0 Å². The number of guanidine groups is 1. The van der Waals surface area contributed by atoms with Gasteiger partial charge in [0.1, 0.15) is 5.60 Å². The molecular formula is C22H36IN7O2. The van der Waals surface area contributed by atoms with Crippen LogP contribution in [0.4, 0.5) is 4.79 Å². The van der Waals surface area contributed by atoms with Crippen molar-refractivity contribution >= 4 is 36.0 Å². The third-order valence-corrected chi connectivity index (χ3v) is 4.31. The Morgan fingerprint density at radius 2 is 2.03 bits per heavy atom. The molecule has 2 heterocycles. The molecule has 2 rings (SSSR count). The number of hydrogen-bond acceptors (Lipinski definition) is 5. The molecule has 0 aliphatic rings. The van der Waals surface area contributed by atoms with Crippen LogP contribution >= 0.6 is 24.0 Å². The Hall–Kier alpha value is -2.37. The molecule has 10 heteroatoms. The summed E-state index contributed by atoms with van der Waals surface area (Å²) in [6.45, 7) is 10.6. The Kier molecular flexibility index (Phi) is 12.0. The number of halogens is 1. The standard InChI is InChI=1S/C22H35N7O2.HI/c1-6-24-20(26-16-19-10-13-27-28(19)5)25-12-8-14-29(21(30)31-22(2,3)4)17-18-9-7-11-23-15-18;/h7,9-11,13,15H,6,8,12,14,16-17H2,1-5H3,(H2,24,25,26);1H. The van der Waals surface area contributed by atoms with Crippen molar-refractivity contribution in [3.8, 4) is 0 Å². The summed E-state index contributed by atoms with van der Waals surface area (Å²) in [5.74, 6) is 0.736. The zero-order chi connectivity index (χ0) is 22.7. The molecule has 0 spiro atoms. The number of rotatable bonds is 9. The molecule has 2 aromatic rings. The summed E-state index contributed by atoms with van der Waals surface area (Å²) < 4.78 is 7.39. The highest BCUT2D eigenvalue weighted by molar-refractivity contribution is 14.0. The van der Waals surface area contributed by atoms with Gasteiger partial charge < -0.3 is 20.3 Å². The van der Waals surface area contributed by atoms with E-state index in [9.17, 15) is 4.79 Å². The van der Waals surface area contributed by atoms with E-state index in [1.54, 1.807) is 23.5 Å². The van der Waals surface area contributed by atoms with Gasteiger partial charge in [0.25, 0.3) is 0 Å². The van der Waals surface area contributed by atoms with E-state index in [0.29, 0.717) is 26.2 Å². The number of ether oxygens (including phenoxy) is 1. The lowest BCUT2D eigenvalue weighted by Gasteiger charge is -2.27. The van der Waals surface area contributed by atoms with Gasteiger partial charge in [-0.05, 0) is 51.8 Å². The number of nitrogens with one attached hydrogen (secondary N) is 2. The predicted molar refractivity (Wildman–Crippen MR) is 137 cm³/mol. The van der Waals surface area contributed by atoms with Crippen LogP contribution in [-0.4, -0.2) is 57.0 Å². The van der Waals surface area contributed by atoms with Gasteiger partial charge in [-0.15, -0.1) is 24.0 Å². The van der Waals surface area contributed by atoms with Gasteiger partial charge in [0, 0.05) is 45.3 Å². The van der Waals surface area contributed by atoms with Crippen LogP contribution in [0, 0.1) is 0 Å². The maximum absolute atomic E-state index is 12.7. The second kappa shape index (κ2) is 13.9. The lowest BCUT2D eigenvalue weighted by Crippen LogP contribution is -2.40. The lowest BCUT2D eigenvalue weighted by molar-refractivity contribution is 0.0232. The van der Waals surface area contributed by atoms with Crippen molar-refractivity contribution in [3.05, 3.63) is 48.0 Å². The van der Waals surface area contributed by atoms with Gasteiger partial charge in [-0.25, -0.2) is 9.79 Å². The van der Waals surface area contributed by atoms with Crippen molar-refractivity contribution in [3.63, 3.8) is 0 Å². The third kappa shape index (κ3) is 10.3. The molecule has 0 aliphatic heterocycles. The predicted octanol–water partition coefficient (Wildman–Crippen LogP) is 3.32. The van der Waals surface area contributed by atoms with E-state index in [0.717, 1.165) is 30.2 Å². The Labute approximate surface area is 208 Å². The molecule has 1 amide bonds. The summed E-state index contributed by atoms with van der Waals surface area (Å²) >= 11 is 0. The molecule has 32 heavy (non-hydrogen) atoms. The molecule has 0 unspecified atom stereocenters. The minimum atomic E-state index is -0.542. The first-order valence-electron chi connectivity index (χ1n) is 10.6. The molecule has 0 aliphatic carbocycles. The lowest BCUT2D eigenvalue weighted by atomic mass is 10.2.